The summed E-state index contributed by atoms with van der Waals surface area (Å²) < 4.78 is 37.0. The van der Waals surface area contributed by atoms with E-state index in [1.54, 1.807) is 28.6 Å². The highest BCUT2D eigenvalue weighted by atomic mass is 32.2. The first kappa shape index (κ1) is 25.9. The molecule has 14 heteroatoms. The number of primary sulfonamides is 1. The zero-order chi connectivity index (χ0) is 26.8. The van der Waals surface area contributed by atoms with Crippen LogP contribution in [-0.2, 0) is 19.5 Å². The molecule has 3 aromatic rings. The lowest BCUT2D eigenvalue weighted by atomic mass is 10.1. The van der Waals surface area contributed by atoms with Crippen LogP contribution in [0.2, 0.25) is 0 Å². The van der Waals surface area contributed by atoms with E-state index < -0.39 is 28.0 Å². The van der Waals surface area contributed by atoms with Crippen LogP contribution in [0.4, 0.5) is 5.82 Å². The highest BCUT2D eigenvalue weighted by Crippen LogP contribution is 2.46. The van der Waals surface area contributed by atoms with E-state index in [-0.39, 0.29) is 29.0 Å². The van der Waals surface area contributed by atoms with E-state index in [1.807, 2.05) is 13.8 Å². The third kappa shape index (κ3) is 4.77. The van der Waals surface area contributed by atoms with E-state index in [2.05, 4.69) is 22.6 Å². The van der Waals surface area contributed by atoms with E-state index in [0.717, 1.165) is 24.2 Å². The number of anilines is 1. The van der Waals surface area contributed by atoms with Gasteiger partial charge in [-0.25, -0.2) is 28.2 Å². The van der Waals surface area contributed by atoms with Gasteiger partial charge in [0.05, 0.1) is 17.0 Å². The Morgan fingerprint density at radius 3 is 2.63 bits per heavy atom. The topological polar surface area (TPSA) is 167 Å². The Labute approximate surface area is 224 Å². The first-order valence-corrected chi connectivity index (χ1v) is 15.3. The van der Waals surface area contributed by atoms with Gasteiger partial charge in [0.1, 0.15) is 12.2 Å². The molecule has 1 saturated heterocycles. The molecule has 0 unspecified atom stereocenters. The predicted molar refractivity (Wildman–Crippen MR) is 140 cm³/mol. The Kier molecular flexibility index (Phi) is 6.39. The highest BCUT2D eigenvalue weighted by molar-refractivity contribution is 7.99. The van der Waals surface area contributed by atoms with Gasteiger partial charge in [0, 0.05) is 24.1 Å². The number of thioether (sulfide) groups is 1. The first-order chi connectivity index (χ1) is 18.0. The van der Waals surface area contributed by atoms with Crippen LogP contribution in [0, 0.1) is 0 Å². The van der Waals surface area contributed by atoms with Crippen LogP contribution >= 0.6 is 11.8 Å². The molecule has 38 heavy (non-hydrogen) atoms. The van der Waals surface area contributed by atoms with Crippen LogP contribution in [0.3, 0.4) is 0 Å². The summed E-state index contributed by atoms with van der Waals surface area (Å²) in [5.41, 5.74) is 2.16. The van der Waals surface area contributed by atoms with Crippen molar-refractivity contribution in [3.05, 3.63) is 29.8 Å². The number of fused-ring (bicyclic) bond motifs is 2. The number of sulfonamides is 1. The maximum atomic E-state index is 11.6. The summed E-state index contributed by atoms with van der Waals surface area (Å²) in [7, 11) is -3.73. The smallest absolute Gasteiger partial charge is 0.238 e. The number of nitrogens with two attached hydrogens (primary N) is 1. The van der Waals surface area contributed by atoms with Gasteiger partial charge in [-0.1, -0.05) is 36.0 Å². The van der Waals surface area contributed by atoms with Gasteiger partial charge in [-0.2, -0.15) is 0 Å². The summed E-state index contributed by atoms with van der Waals surface area (Å²) in [4.78, 5) is 9.65. The number of ether oxygens (including phenoxy) is 2. The maximum absolute atomic E-state index is 11.6. The van der Waals surface area contributed by atoms with Crippen molar-refractivity contribution in [1.82, 2.24) is 25.0 Å². The van der Waals surface area contributed by atoms with Crippen LogP contribution in [0.1, 0.15) is 57.6 Å². The Bertz CT molecular complexity index is 1460. The third-order valence-electron chi connectivity index (χ3n) is 7.21. The summed E-state index contributed by atoms with van der Waals surface area (Å²) >= 11 is 1.57. The van der Waals surface area contributed by atoms with E-state index >= 15 is 0 Å². The zero-order valence-corrected chi connectivity index (χ0v) is 22.9. The van der Waals surface area contributed by atoms with Gasteiger partial charge in [0.15, 0.2) is 27.9 Å². The summed E-state index contributed by atoms with van der Waals surface area (Å²) in [6.45, 7) is 5.78. The Morgan fingerprint density at radius 1 is 1.18 bits per heavy atom. The molecule has 0 spiro atoms. The average molecular weight is 562 g/mol. The van der Waals surface area contributed by atoms with Crippen LogP contribution in [0.5, 0.6) is 0 Å². The molecule has 0 radical (unpaired) electrons. The number of nitrogens with zero attached hydrogens (tertiary/aromatic N) is 5. The van der Waals surface area contributed by atoms with Crippen molar-refractivity contribution in [1.29, 1.82) is 0 Å². The van der Waals surface area contributed by atoms with Crippen LogP contribution in [0.15, 0.2) is 34.3 Å². The van der Waals surface area contributed by atoms with Crippen LogP contribution in [0.25, 0.3) is 11.2 Å². The zero-order valence-electron chi connectivity index (χ0n) is 21.3. The van der Waals surface area contributed by atoms with Gasteiger partial charge in [-0.05, 0) is 44.4 Å². The Hall–Kier alpha value is -2.36. The minimum atomic E-state index is -3.73. The number of nitrogens with one attached hydrogen (secondary N) is 1. The number of aliphatic hydroxyl groups excluding tert-OH is 1. The van der Waals surface area contributed by atoms with Gasteiger partial charge < -0.3 is 19.9 Å². The van der Waals surface area contributed by atoms with Crippen molar-refractivity contribution in [3.8, 4) is 0 Å². The predicted octanol–water partition coefficient (Wildman–Crippen LogP) is 2.16. The van der Waals surface area contributed by atoms with E-state index in [0.29, 0.717) is 28.6 Å². The number of benzene rings is 1. The lowest BCUT2D eigenvalue weighted by molar-refractivity contribution is -0.165. The maximum Gasteiger partial charge on any atom is 0.238 e. The van der Waals surface area contributed by atoms with Crippen molar-refractivity contribution in [2.45, 2.75) is 92.2 Å². The highest BCUT2D eigenvalue weighted by Gasteiger charge is 2.55. The molecule has 12 nitrogen and oxygen atoms in total. The second-order valence-electron chi connectivity index (χ2n) is 10.6. The van der Waals surface area contributed by atoms with Crippen molar-refractivity contribution >= 4 is 38.8 Å². The van der Waals surface area contributed by atoms with Crippen molar-refractivity contribution in [2.75, 3.05) is 11.1 Å². The lowest BCUT2D eigenvalue weighted by Gasteiger charge is -2.22. The minimum Gasteiger partial charge on any atom is -0.390 e. The Balaban J connectivity index is 1.29. The number of aromatic nitrogens is 5. The minimum absolute atomic E-state index is 0.0948. The second-order valence-corrected chi connectivity index (χ2v) is 13.2. The number of rotatable bonds is 8. The van der Waals surface area contributed by atoms with Gasteiger partial charge >= 0.3 is 0 Å². The molecule has 1 aromatic carbocycles. The molecular formula is C24H31N7O5S2. The molecule has 4 N–H and O–H groups in total. The molecule has 2 saturated carbocycles. The third-order valence-corrected chi connectivity index (χ3v) is 9.19. The number of aliphatic hydroxyl groups is 1. The van der Waals surface area contributed by atoms with E-state index in [9.17, 15) is 13.5 Å². The van der Waals surface area contributed by atoms with Crippen molar-refractivity contribution in [2.24, 2.45) is 5.14 Å². The number of hydrogen-bond donors (Lipinski definition) is 3. The average Bonchev–Trinajstić information content (AvgIpc) is 3.22. The fourth-order valence-electron chi connectivity index (χ4n) is 5.36. The first-order valence-electron chi connectivity index (χ1n) is 12.7. The SMILES string of the molecule is CCCSc1nc(N[C@H]2C[C@@H]2c2ccc(S(N)(=O)=O)cc2)c2nnn([C@H]3C[C@@H](O)[C@@H]4OC(C)(C)O[C@@H]43)c2n1. The van der Waals surface area contributed by atoms with Crippen molar-refractivity contribution in [3.63, 3.8) is 0 Å². The van der Waals surface area contributed by atoms with E-state index in [1.165, 1.54) is 12.1 Å². The van der Waals surface area contributed by atoms with Crippen molar-refractivity contribution < 1.29 is 23.0 Å². The standard InChI is InChI=1S/C24H31N7O5S2/c1-4-9-37-23-27-21(26-15-10-14(15)12-5-7-13(8-6-12)38(25,33)34)18-22(28-23)31(30-29-18)16-11-17(32)20-19(16)35-24(2,3)36-20/h5-8,14-17,19-20,32H,4,9-11H2,1-3H3,(H2,25,33,34)(H,26,27,28)/t14-,15+,16+,17-,19-,20+/m1/s1. The molecule has 3 fully saturated rings. The summed E-state index contributed by atoms with van der Waals surface area (Å²) in [6.07, 6.45) is 0.793. The summed E-state index contributed by atoms with van der Waals surface area (Å²) in [5, 5.41) is 28.9. The molecule has 6 atom stereocenters. The molecule has 2 aliphatic carbocycles. The lowest BCUT2D eigenvalue weighted by Crippen LogP contribution is -2.29. The van der Waals surface area contributed by atoms with E-state index in [4.69, 9.17) is 24.6 Å². The molecule has 0 amide bonds. The largest absolute Gasteiger partial charge is 0.390 e. The van der Waals surface area contributed by atoms with Crippen LogP contribution in [-0.4, -0.2) is 74.4 Å². The second kappa shape index (κ2) is 9.38. The quantitative estimate of drug-likeness (QED) is 0.272. The molecule has 204 valence electrons. The van der Waals surface area contributed by atoms with Gasteiger partial charge in [-0.15, -0.1) is 5.10 Å². The Morgan fingerprint density at radius 2 is 1.92 bits per heavy atom. The molecular weight excluding hydrogens is 530 g/mol. The molecule has 1 aliphatic heterocycles. The molecule has 3 aliphatic rings. The summed E-state index contributed by atoms with van der Waals surface area (Å²) in [5.74, 6) is 0.885. The molecule has 3 heterocycles. The fraction of sp³-hybridized carbons (Fsp3) is 0.583. The molecule has 6 rings (SSSR count). The number of hydrogen-bond acceptors (Lipinski definition) is 11. The normalized spacial score (nSPS) is 30.0. The van der Waals surface area contributed by atoms with Gasteiger partial charge in [0.25, 0.3) is 0 Å². The van der Waals surface area contributed by atoms with Gasteiger partial charge in [-0.3, -0.25) is 0 Å². The molecule has 2 aromatic heterocycles. The van der Waals surface area contributed by atoms with Crippen LogP contribution < -0.4 is 10.5 Å². The van der Waals surface area contributed by atoms with Gasteiger partial charge in [0.2, 0.25) is 10.0 Å². The monoisotopic (exact) mass is 561 g/mol. The fourth-order valence-corrected chi connectivity index (χ4v) is 6.57. The molecule has 0 bridgehead atoms. The summed E-state index contributed by atoms with van der Waals surface area (Å²) in [6, 6.07) is 6.49.